The molecule has 0 aliphatic rings. The van der Waals surface area contributed by atoms with Gasteiger partial charge >= 0.3 is 5.97 Å². The highest BCUT2D eigenvalue weighted by atomic mass is 16.4. The SMILES string of the molecule is C=C(C)C(=O)O.N.N.O. The number of hydrogen-bond donors (Lipinski definition) is 3. The first-order valence-corrected chi connectivity index (χ1v) is 1.53. The highest BCUT2D eigenvalue weighted by Gasteiger charge is 1.90. The summed E-state index contributed by atoms with van der Waals surface area (Å²) in [5, 5.41) is 7.89. The predicted molar refractivity (Wildman–Crippen MR) is 36.1 cm³/mol. The first-order chi connectivity index (χ1) is 2.64. The van der Waals surface area contributed by atoms with Gasteiger partial charge in [-0.15, -0.1) is 0 Å². The van der Waals surface area contributed by atoms with Crippen LogP contribution in [-0.2, 0) is 4.79 Å². The van der Waals surface area contributed by atoms with E-state index >= 15 is 0 Å². The summed E-state index contributed by atoms with van der Waals surface area (Å²) in [6, 6.07) is 0. The summed E-state index contributed by atoms with van der Waals surface area (Å²) in [4.78, 5) is 9.60. The Morgan fingerprint density at radius 3 is 1.56 bits per heavy atom. The Morgan fingerprint density at radius 2 is 1.56 bits per heavy atom. The molecule has 9 N–H and O–H groups in total. The zero-order chi connectivity index (χ0) is 5.15. The summed E-state index contributed by atoms with van der Waals surface area (Å²) in [5.41, 5.74) is 0.176. The topological polar surface area (TPSA) is 139 Å². The van der Waals surface area contributed by atoms with Gasteiger partial charge in [0.25, 0.3) is 0 Å². The van der Waals surface area contributed by atoms with Gasteiger partial charge in [0.05, 0.1) is 0 Å². The highest BCUT2D eigenvalue weighted by molar-refractivity contribution is 5.84. The largest absolute Gasteiger partial charge is 0.478 e. The molecule has 0 aliphatic heterocycles. The van der Waals surface area contributed by atoms with E-state index in [1.54, 1.807) is 0 Å². The molecule has 0 rings (SSSR count). The Bertz CT molecular complexity index is 79.8. The van der Waals surface area contributed by atoms with Crippen LogP contribution in [0.4, 0.5) is 0 Å². The van der Waals surface area contributed by atoms with Crippen LogP contribution >= 0.6 is 0 Å². The first kappa shape index (κ1) is 24.3. The quantitative estimate of drug-likeness (QED) is 0.443. The van der Waals surface area contributed by atoms with Gasteiger partial charge in [0.2, 0.25) is 0 Å². The summed E-state index contributed by atoms with van der Waals surface area (Å²) in [6.45, 7) is 4.60. The monoisotopic (exact) mass is 138 g/mol. The molecule has 5 heteroatoms. The number of carbonyl (C=O) groups is 1. The van der Waals surface area contributed by atoms with Gasteiger partial charge in [-0.2, -0.15) is 0 Å². The fraction of sp³-hybridized carbons (Fsp3) is 0.250. The average molecular weight is 138 g/mol. The molecule has 0 heterocycles. The second-order valence-electron chi connectivity index (χ2n) is 1.09. The van der Waals surface area contributed by atoms with Gasteiger partial charge in [0.15, 0.2) is 0 Å². The maximum absolute atomic E-state index is 9.60. The van der Waals surface area contributed by atoms with Gasteiger partial charge in [-0.25, -0.2) is 4.79 Å². The predicted octanol–water partition coefficient (Wildman–Crippen LogP) is 0.146. The smallest absolute Gasteiger partial charge is 0.330 e. The van der Waals surface area contributed by atoms with Crippen molar-refractivity contribution in [2.24, 2.45) is 0 Å². The Hall–Kier alpha value is -0.910. The molecule has 0 aromatic carbocycles. The molecule has 5 nitrogen and oxygen atoms in total. The molecular weight excluding hydrogens is 124 g/mol. The van der Waals surface area contributed by atoms with E-state index in [2.05, 4.69) is 6.58 Å². The molecule has 9 heavy (non-hydrogen) atoms. The van der Waals surface area contributed by atoms with Gasteiger partial charge in [-0.3, -0.25) is 0 Å². The number of aliphatic carboxylic acids is 1. The summed E-state index contributed by atoms with van der Waals surface area (Å²) in [6.07, 6.45) is 0. The lowest BCUT2D eigenvalue weighted by molar-refractivity contribution is -0.132. The van der Waals surface area contributed by atoms with E-state index < -0.39 is 5.97 Å². The van der Waals surface area contributed by atoms with E-state index in [4.69, 9.17) is 5.11 Å². The molecule has 0 bridgehead atoms. The van der Waals surface area contributed by atoms with E-state index in [-0.39, 0.29) is 23.4 Å². The molecule has 0 atom stereocenters. The van der Waals surface area contributed by atoms with Gasteiger partial charge in [0, 0.05) is 5.57 Å². The van der Waals surface area contributed by atoms with Crippen molar-refractivity contribution in [3.8, 4) is 0 Å². The van der Waals surface area contributed by atoms with Gasteiger partial charge in [-0.05, 0) is 6.92 Å². The van der Waals surface area contributed by atoms with Crippen LogP contribution in [0.5, 0.6) is 0 Å². The molecule has 0 amide bonds. The minimum atomic E-state index is -0.935. The van der Waals surface area contributed by atoms with Gasteiger partial charge < -0.3 is 22.9 Å². The van der Waals surface area contributed by atoms with Crippen LogP contribution in [0.25, 0.3) is 0 Å². The molecule has 0 fully saturated rings. The minimum absolute atomic E-state index is 0. The van der Waals surface area contributed by atoms with Crippen LogP contribution in [0.1, 0.15) is 6.92 Å². The summed E-state index contributed by atoms with van der Waals surface area (Å²) >= 11 is 0. The van der Waals surface area contributed by atoms with Crippen LogP contribution in [0.2, 0.25) is 0 Å². The molecule has 0 aromatic heterocycles. The fourth-order valence-electron chi connectivity index (χ4n) is 0. The fourth-order valence-corrected chi connectivity index (χ4v) is 0. The summed E-state index contributed by atoms with van der Waals surface area (Å²) in [7, 11) is 0. The van der Waals surface area contributed by atoms with E-state index in [1.807, 2.05) is 0 Å². The summed E-state index contributed by atoms with van der Waals surface area (Å²) < 4.78 is 0. The second-order valence-corrected chi connectivity index (χ2v) is 1.09. The van der Waals surface area contributed by atoms with Crippen molar-refractivity contribution in [3.05, 3.63) is 12.2 Å². The van der Waals surface area contributed by atoms with Crippen LogP contribution in [0, 0.1) is 0 Å². The van der Waals surface area contributed by atoms with Crippen LogP contribution in [0.15, 0.2) is 12.2 Å². The minimum Gasteiger partial charge on any atom is -0.478 e. The number of rotatable bonds is 1. The van der Waals surface area contributed by atoms with Crippen molar-refractivity contribution in [3.63, 3.8) is 0 Å². The van der Waals surface area contributed by atoms with Crippen LogP contribution in [-0.4, -0.2) is 16.6 Å². The molecule has 0 saturated heterocycles. The average Bonchev–Trinajstić information content (AvgIpc) is 1.36. The zero-order valence-corrected chi connectivity index (χ0v) is 5.48. The molecule has 0 unspecified atom stereocenters. The van der Waals surface area contributed by atoms with Crippen molar-refractivity contribution < 1.29 is 15.4 Å². The van der Waals surface area contributed by atoms with Gasteiger partial charge in [-0.1, -0.05) is 6.58 Å². The van der Waals surface area contributed by atoms with Crippen molar-refractivity contribution in [1.29, 1.82) is 0 Å². The number of carboxylic acid groups (broad SMARTS) is 1. The van der Waals surface area contributed by atoms with Crippen molar-refractivity contribution in [2.75, 3.05) is 0 Å². The van der Waals surface area contributed by atoms with Gasteiger partial charge in [0.1, 0.15) is 0 Å². The molecule has 58 valence electrons. The van der Waals surface area contributed by atoms with E-state index in [0.29, 0.717) is 0 Å². The third kappa shape index (κ3) is 19.2. The molecule has 0 saturated carbocycles. The maximum atomic E-state index is 9.60. The van der Waals surface area contributed by atoms with Crippen LogP contribution < -0.4 is 12.3 Å². The summed E-state index contributed by atoms with van der Waals surface area (Å²) in [5.74, 6) is -0.935. The lowest BCUT2D eigenvalue weighted by Crippen LogP contribution is -1.92. The third-order valence-electron chi connectivity index (χ3n) is 0.365. The Labute approximate surface area is 53.9 Å². The van der Waals surface area contributed by atoms with Crippen LogP contribution in [0.3, 0.4) is 0 Å². The number of hydrogen-bond acceptors (Lipinski definition) is 3. The maximum Gasteiger partial charge on any atom is 0.330 e. The van der Waals surface area contributed by atoms with Crippen molar-refractivity contribution in [2.45, 2.75) is 6.92 Å². The molecule has 0 spiro atoms. The second kappa shape index (κ2) is 10.1. The zero-order valence-electron chi connectivity index (χ0n) is 5.48. The Kier molecular flexibility index (Phi) is 27.4. The third-order valence-corrected chi connectivity index (χ3v) is 0.365. The molecule has 0 aliphatic carbocycles. The van der Waals surface area contributed by atoms with Crippen molar-refractivity contribution in [1.82, 2.24) is 12.3 Å². The Balaban J connectivity index is -0.0000000417. The number of carboxylic acids is 1. The highest BCUT2D eigenvalue weighted by Crippen LogP contribution is 1.81. The normalized spacial score (nSPS) is 5.00. The van der Waals surface area contributed by atoms with E-state index in [0.717, 1.165) is 0 Å². The molecule has 0 aromatic rings. The van der Waals surface area contributed by atoms with E-state index in [9.17, 15) is 4.79 Å². The lowest BCUT2D eigenvalue weighted by Gasteiger charge is -1.79. The molecular formula is C4H14N2O3. The Morgan fingerprint density at radius 1 is 1.44 bits per heavy atom. The van der Waals surface area contributed by atoms with Crippen molar-refractivity contribution >= 4 is 5.97 Å². The first-order valence-electron chi connectivity index (χ1n) is 1.53. The lowest BCUT2D eigenvalue weighted by atomic mass is 10.4. The molecule has 0 radical (unpaired) electrons. The van der Waals surface area contributed by atoms with E-state index in [1.165, 1.54) is 6.92 Å². The standard InChI is InChI=1S/C4H6O2.2H3N.H2O/c1-3(2)4(5)6;;;/h1H2,2H3,(H,5,6);2*1H3;1H2.